The molecule has 0 saturated heterocycles. The first-order chi connectivity index (χ1) is 7.75. The van der Waals surface area contributed by atoms with Crippen LogP contribution in [0.4, 0.5) is 5.82 Å². The van der Waals surface area contributed by atoms with E-state index in [1.165, 1.54) is 0 Å². The maximum absolute atomic E-state index is 9.63. The summed E-state index contributed by atoms with van der Waals surface area (Å²) in [6.07, 6.45) is 3.26. The molecule has 0 aliphatic carbocycles. The third kappa shape index (κ3) is 2.67. The Morgan fingerprint density at radius 1 is 1.25 bits per heavy atom. The number of rotatable bonds is 2. The number of phenols is 1. The van der Waals surface area contributed by atoms with Crippen LogP contribution < -0.4 is 0 Å². The van der Waals surface area contributed by atoms with Crippen molar-refractivity contribution in [3.63, 3.8) is 0 Å². The molecule has 0 unspecified atom stereocenters. The molecule has 2 aromatic rings. The summed E-state index contributed by atoms with van der Waals surface area (Å²) >= 11 is 3.28. The number of nitrogens with zero attached hydrogens (tertiary/aromatic N) is 2. The van der Waals surface area contributed by atoms with E-state index in [0.29, 0.717) is 11.4 Å². The molecule has 0 spiro atoms. The van der Waals surface area contributed by atoms with Gasteiger partial charge in [0.25, 0.3) is 0 Å². The number of aromatic hydroxyl groups is 1. The summed E-state index contributed by atoms with van der Waals surface area (Å²) in [7, 11) is 0. The molecule has 1 heterocycles. The van der Waals surface area contributed by atoms with Crippen molar-refractivity contribution in [2.24, 2.45) is 4.99 Å². The number of phenolic OH excluding ortho intramolecular Hbond substituents is 1. The van der Waals surface area contributed by atoms with Crippen LogP contribution in [0, 0.1) is 0 Å². The Labute approximate surface area is 102 Å². The molecule has 0 bridgehead atoms. The predicted octanol–water partition coefficient (Wildman–Crippen LogP) is 3.30. The minimum absolute atomic E-state index is 0.189. The lowest BCUT2D eigenvalue weighted by atomic mass is 10.2. The van der Waals surface area contributed by atoms with Crippen LogP contribution in [-0.4, -0.2) is 16.3 Å². The molecule has 0 radical (unpaired) electrons. The van der Waals surface area contributed by atoms with Crippen LogP contribution in [0.5, 0.6) is 5.75 Å². The number of pyridine rings is 1. The molecule has 2 rings (SSSR count). The number of aliphatic imine (C=N–C) groups is 1. The molecule has 4 heteroatoms. The monoisotopic (exact) mass is 276 g/mol. The summed E-state index contributed by atoms with van der Waals surface area (Å²) in [5.74, 6) is 0.805. The van der Waals surface area contributed by atoms with Crippen LogP contribution in [0.15, 0.2) is 52.1 Å². The van der Waals surface area contributed by atoms with E-state index in [0.717, 1.165) is 4.47 Å². The molecule has 0 saturated carbocycles. The van der Waals surface area contributed by atoms with Gasteiger partial charge in [0.15, 0.2) is 5.82 Å². The molecule has 16 heavy (non-hydrogen) atoms. The highest BCUT2D eigenvalue weighted by atomic mass is 79.9. The van der Waals surface area contributed by atoms with Crippen molar-refractivity contribution in [2.75, 3.05) is 0 Å². The summed E-state index contributed by atoms with van der Waals surface area (Å²) in [5.41, 5.74) is 0.661. The fourth-order valence-electron chi connectivity index (χ4n) is 1.19. The molecule has 0 fully saturated rings. The van der Waals surface area contributed by atoms with E-state index in [2.05, 4.69) is 25.9 Å². The Kier molecular flexibility index (Phi) is 3.31. The number of aromatic nitrogens is 1. The molecule has 1 N–H and O–H groups in total. The fraction of sp³-hybridized carbons (Fsp3) is 0. The number of halogens is 1. The zero-order valence-electron chi connectivity index (χ0n) is 8.34. The molecule has 0 aliphatic rings. The van der Waals surface area contributed by atoms with Crippen molar-refractivity contribution in [1.29, 1.82) is 0 Å². The van der Waals surface area contributed by atoms with Gasteiger partial charge in [0, 0.05) is 22.4 Å². The zero-order valence-corrected chi connectivity index (χ0v) is 9.92. The largest absolute Gasteiger partial charge is 0.507 e. The first-order valence-corrected chi connectivity index (χ1v) is 5.48. The molecule has 80 valence electrons. The van der Waals surface area contributed by atoms with Crippen molar-refractivity contribution < 1.29 is 5.11 Å². The van der Waals surface area contributed by atoms with Gasteiger partial charge in [-0.3, -0.25) is 0 Å². The normalized spacial score (nSPS) is 10.8. The standard InChI is InChI=1S/C12H9BrN2O/c13-10-5-4-9(11(16)7-10)8-15-12-3-1-2-6-14-12/h1-8,16H/b15-8+. The summed E-state index contributed by atoms with van der Waals surface area (Å²) < 4.78 is 0.833. The van der Waals surface area contributed by atoms with E-state index in [1.807, 2.05) is 18.2 Å². The average molecular weight is 277 g/mol. The third-order valence-corrected chi connectivity index (χ3v) is 2.47. The summed E-state index contributed by atoms with van der Waals surface area (Å²) in [6.45, 7) is 0. The van der Waals surface area contributed by atoms with Crippen molar-refractivity contribution in [3.05, 3.63) is 52.6 Å². The molecule has 1 aromatic carbocycles. The Hall–Kier alpha value is -1.68. The third-order valence-electron chi connectivity index (χ3n) is 1.98. The minimum Gasteiger partial charge on any atom is -0.507 e. The molecule has 0 amide bonds. The van der Waals surface area contributed by atoms with E-state index >= 15 is 0 Å². The van der Waals surface area contributed by atoms with Crippen LogP contribution in [-0.2, 0) is 0 Å². The number of hydrogen-bond acceptors (Lipinski definition) is 3. The molecular formula is C12H9BrN2O. The van der Waals surface area contributed by atoms with Gasteiger partial charge < -0.3 is 5.11 Å². The average Bonchev–Trinajstić information content (AvgIpc) is 2.29. The predicted molar refractivity (Wildman–Crippen MR) is 67.3 cm³/mol. The second-order valence-electron chi connectivity index (χ2n) is 3.15. The SMILES string of the molecule is Oc1cc(Br)ccc1/C=N/c1ccccn1. The van der Waals surface area contributed by atoms with E-state index in [4.69, 9.17) is 0 Å². The fourth-order valence-corrected chi connectivity index (χ4v) is 1.54. The van der Waals surface area contributed by atoms with Crippen LogP contribution in [0.25, 0.3) is 0 Å². The Bertz CT molecular complexity index is 512. The smallest absolute Gasteiger partial charge is 0.151 e. The topological polar surface area (TPSA) is 45.5 Å². The molecule has 1 aromatic heterocycles. The second kappa shape index (κ2) is 4.90. The van der Waals surface area contributed by atoms with Crippen molar-refractivity contribution >= 4 is 28.0 Å². The zero-order chi connectivity index (χ0) is 11.4. The van der Waals surface area contributed by atoms with Gasteiger partial charge >= 0.3 is 0 Å². The highest BCUT2D eigenvalue weighted by Crippen LogP contribution is 2.21. The van der Waals surface area contributed by atoms with Crippen LogP contribution in [0.2, 0.25) is 0 Å². The maximum atomic E-state index is 9.63. The molecule has 0 aliphatic heterocycles. The van der Waals surface area contributed by atoms with Crippen molar-refractivity contribution in [3.8, 4) is 5.75 Å². The Morgan fingerprint density at radius 3 is 2.81 bits per heavy atom. The quantitative estimate of drug-likeness (QED) is 0.856. The van der Waals surface area contributed by atoms with Gasteiger partial charge in [-0.25, -0.2) is 9.98 Å². The van der Waals surface area contributed by atoms with Crippen LogP contribution in [0.1, 0.15) is 5.56 Å². The lowest BCUT2D eigenvalue weighted by molar-refractivity contribution is 0.474. The lowest BCUT2D eigenvalue weighted by Crippen LogP contribution is -1.82. The highest BCUT2D eigenvalue weighted by molar-refractivity contribution is 9.10. The molecule has 3 nitrogen and oxygen atoms in total. The summed E-state index contributed by atoms with van der Waals surface area (Å²) in [4.78, 5) is 8.21. The second-order valence-corrected chi connectivity index (χ2v) is 4.06. The molecular weight excluding hydrogens is 268 g/mol. The number of benzene rings is 1. The Balaban J connectivity index is 2.24. The van der Waals surface area contributed by atoms with E-state index in [9.17, 15) is 5.11 Å². The van der Waals surface area contributed by atoms with Gasteiger partial charge in [-0.2, -0.15) is 0 Å². The van der Waals surface area contributed by atoms with Crippen molar-refractivity contribution in [1.82, 2.24) is 4.98 Å². The Morgan fingerprint density at radius 2 is 2.12 bits per heavy atom. The number of hydrogen-bond donors (Lipinski definition) is 1. The van der Waals surface area contributed by atoms with Gasteiger partial charge in [0.1, 0.15) is 5.75 Å². The van der Waals surface area contributed by atoms with E-state index < -0.39 is 0 Å². The minimum atomic E-state index is 0.189. The van der Waals surface area contributed by atoms with Crippen LogP contribution in [0.3, 0.4) is 0 Å². The van der Waals surface area contributed by atoms with E-state index in [1.54, 1.807) is 30.6 Å². The van der Waals surface area contributed by atoms with Gasteiger partial charge in [-0.15, -0.1) is 0 Å². The summed E-state index contributed by atoms with van der Waals surface area (Å²) in [6, 6.07) is 10.7. The maximum Gasteiger partial charge on any atom is 0.151 e. The van der Waals surface area contributed by atoms with Crippen LogP contribution >= 0.6 is 15.9 Å². The van der Waals surface area contributed by atoms with E-state index in [-0.39, 0.29) is 5.75 Å². The first kappa shape index (κ1) is 10.8. The first-order valence-electron chi connectivity index (χ1n) is 4.69. The highest BCUT2D eigenvalue weighted by Gasteiger charge is 1.98. The summed E-state index contributed by atoms with van der Waals surface area (Å²) in [5, 5.41) is 9.63. The van der Waals surface area contributed by atoms with Gasteiger partial charge in [-0.1, -0.05) is 22.0 Å². The van der Waals surface area contributed by atoms with Gasteiger partial charge in [0.2, 0.25) is 0 Å². The lowest BCUT2D eigenvalue weighted by Gasteiger charge is -1.98. The van der Waals surface area contributed by atoms with Gasteiger partial charge in [-0.05, 0) is 30.3 Å². The molecule has 0 atom stereocenters. The van der Waals surface area contributed by atoms with Gasteiger partial charge in [0.05, 0.1) is 0 Å². The van der Waals surface area contributed by atoms with Crippen molar-refractivity contribution in [2.45, 2.75) is 0 Å².